The number of carboxylic acid groups (broad SMARTS) is 1. The van der Waals surface area contributed by atoms with Gasteiger partial charge in [0.15, 0.2) is 0 Å². The number of ether oxygens (including phenoxy) is 1. The largest absolute Gasteiger partial charge is 0.481 e. The second-order valence-electron chi connectivity index (χ2n) is 5.36. The number of hydrogen-bond donors (Lipinski definition) is 1. The number of ketones is 1. The lowest BCUT2D eigenvalue weighted by molar-refractivity contribution is -0.144. The fraction of sp³-hybridized carbons (Fsp3) is 0.500. The molecule has 1 aliphatic rings. The molecule has 2 rings (SSSR count). The number of carbonyl (C=O) groups is 2. The molecule has 1 saturated heterocycles. The zero-order valence-corrected chi connectivity index (χ0v) is 12.0. The summed E-state index contributed by atoms with van der Waals surface area (Å²) in [4.78, 5) is 25.4. The van der Waals surface area contributed by atoms with E-state index in [0.717, 1.165) is 18.7 Å². The van der Waals surface area contributed by atoms with Crippen molar-refractivity contribution in [2.24, 2.45) is 5.92 Å². The molecule has 0 aromatic heterocycles. The summed E-state index contributed by atoms with van der Waals surface area (Å²) in [5, 5.41) is 9.30. The predicted molar refractivity (Wildman–Crippen MR) is 78.2 cm³/mol. The third-order valence-electron chi connectivity index (χ3n) is 3.65. The third kappa shape index (κ3) is 5.28. The molecule has 0 saturated carbocycles. The summed E-state index contributed by atoms with van der Waals surface area (Å²) in [5.74, 6) is -1.57. The Labute approximate surface area is 124 Å². The highest BCUT2D eigenvalue weighted by Gasteiger charge is 2.23. The fourth-order valence-corrected chi connectivity index (χ4v) is 2.49. The first kappa shape index (κ1) is 15.7. The molecule has 0 bridgehead atoms. The molecule has 0 unspecified atom stereocenters. The molecule has 114 valence electrons. The number of Topliss-reactive ketones (excluding diaryl/α,β-unsaturated/α-hetero) is 1. The first-order valence-corrected chi connectivity index (χ1v) is 7.23. The topological polar surface area (TPSA) is 66.8 Å². The van der Waals surface area contributed by atoms with Crippen LogP contribution in [0.4, 0.5) is 0 Å². The molecule has 1 atom stereocenters. The molecule has 1 heterocycles. The lowest BCUT2D eigenvalue weighted by atomic mass is 9.94. The maximum Gasteiger partial charge on any atom is 0.307 e. The van der Waals surface area contributed by atoms with Crippen molar-refractivity contribution >= 4 is 11.8 Å². The van der Waals surface area contributed by atoms with E-state index in [1.165, 1.54) is 0 Å². The summed E-state index contributed by atoms with van der Waals surface area (Å²) in [6.45, 7) is 3.07. The molecular weight excluding hydrogens is 270 g/mol. The highest BCUT2D eigenvalue weighted by Crippen LogP contribution is 2.14. The minimum Gasteiger partial charge on any atom is -0.481 e. The van der Waals surface area contributed by atoms with E-state index >= 15 is 0 Å². The first-order chi connectivity index (χ1) is 10.1. The third-order valence-corrected chi connectivity index (χ3v) is 3.65. The number of morpholine rings is 1. The van der Waals surface area contributed by atoms with Crippen LogP contribution in [0.15, 0.2) is 30.3 Å². The molecule has 5 nitrogen and oxygen atoms in total. The maximum absolute atomic E-state index is 12.1. The molecule has 1 fully saturated rings. The Balaban J connectivity index is 1.86. The molecular formula is C16H21NO4. The van der Waals surface area contributed by atoms with Gasteiger partial charge in [-0.15, -0.1) is 0 Å². The first-order valence-electron chi connectivity index (χ1n) is 7.23. The van der Waals surface area contributed by atoms with E-state index < -0.39 is 11.9 Å². The van der Waals surface area contributed by atoms with Crippen LogP contribution in [0.25, 0.3) is 0 Å². The summed E-state index contributed by atoms with van der Waals surface area (Å²) in [7, 11) is 0. The Kier molecular flexibility index (Phi) is 5.90. The van der Waals surface area contributed by atoms with Gasteiger partial charge in [0.1, 0.15) is 5.78 Å². The van der Waals surface area contributed by atoms with E-state index in [0.29, 0.717) is 26.2 Å². The van der Waals surface area contributed by atoms with E-state index in [1.54, 1.807) is 0 Å². The van der Waals surface area contributed by atoms with E-state index in [9.17, 15) is 14.7 Å². The second kappa shape index (κ2) is 7.90. The molecule has 1 aliphatic heterocycles. The lowest BCUT2D eigenvalue weighted by Gasteiger charge is -2.26. The lowest BCUT2D eigenvalue weighted by Crippen LogP contribution is -2.40. The maximum atomic E-state index is 12.1. The van der Waals surface area contributed by atoms with Crippen molar-refractivity contribution in [2.75, 3.05) is 32.8 Å². The smallest absolute Gasteiger partial charge is 0.307 e. The second-order valence-corrected chi connectivity index (χ2v) is 5.36. The monoisotopic (exact) mass is 291 g/mol. The van der Waals surface area contributed by atoms with Crippen molar-refractivity contribution in [2.45, 2.75) is 12.8 Å². The van der Waals surface area contributed by atoms with Gasteiger partial charge in [-0.05, 0) is 12.0 Å². The van der Waals surface area contributed by atoms with Gasteiger partial charge in [-0.3, -0.25) is 14.5 Å². The molecule has 0 radical (unpaired) electrons. The Morgan fingerprint density at radius 1 is 1.19 bits per heavy atom. The van der Waals surface area contributed by atoms with Gasteiger partial charge < -0.3 is 9.84 Å². The Bertz CT molecular complexity index is 468. The van der Waals surface area contributed by atoms with Crippen LogP contribution < -0.4 is 0 Å². The van der Waals surface area contributed by atoms with Crippen LogP contribution in [0.3, 0.4) is 0 Å². The molecule has 5 heteroatoms. The van der Waals surface area contributed by atoms with E-state index in [4.69, 9.17) is 4.74 Å². The number of carboxylic acids is 1. The van der Waals surface area contributed by atoms with Gasteiger partial charge in [-0.25, -0.2) is 0 Å². The van der Waals surface area contributed by atoms with Crippen LogP contribution in [-0.4, -0.2) is 54.6 Å². The summed E-state index contributed by atoms with van der Waals surface area (Å²) in [6.07, 6.45) is 0.479. The number of rotatable bonds is 7. The van der Waals surface area contributed by atoms with Crippen LogP contribution in [-0.2, 0) is 20.7 Å². The van der Waals surface area contributed by atoms with Gasteiger partial charge in [0.25, 0.3) is 0 Å². The van der Waals surface area contributed by atoms with Crippen molar-refractivity contribution in [1.29, 1.82) is 0 Å². The van der Waals surface area contributed by atoms with Crippen molar-refractivity contribution in [3.05, 3.63) is 35.9 Å². The van der Waals surface area contributed by atoms with Crippen LogP contribution in [0.5, 0.6) is 0 Å². The van der Waals surface area contributed by atoms with Gasteiger partial charge in [0, 0.05) is 19.5 Å². The van der Waals surface area contributed by atoms with Crippen LogP contribution in [0, 0.1) is 5.92 Å². The van der Waals surface area contributed by atoms with E-state index in [2.05, 4.69) is 0 Å². The average molecular weight is 291 g/mol. The van der Waals surface area contributed by atoms with Crippen molar-refractivity contribution in [3.63, 3.8) is 0 Å². The van der Waals surface area contributed by atoms with Crippen LogP contribution >= 0.6 is 0 Å². The van der Waals surface area contributed by atoms with Gasteiger partial charge in [0.2, 0.25) is 0 Å². The highest BCUT2D eigenvalue weighted by molar-refractivity contribution is 5.85. The zero-order valence-electron chi connectivity index (χ0n) is 12.0. The van der Waals surface area contributed by atoms with Gasteiger partial charge in [-0.1, -0.05) is 30.3 Å². The molecule has 0 aliphatic carbocycles. The van der Waals surface area contributed by atoms with Crippen molar-refractivity contribution in [1.82, 2.24) is 4.90 Å². The number of hydrogen-bond acceptors (Lipinski definition) is 4. The Hall–Kier alpha value is -1.72. The molecule has 1 aromatic carbocycles. The Morgan fingerprint density at radius 3 is 2.48 bits per heavy atom. The van der Waals surface area contributed by atoms with Gasteiger partial charge >= 0.3 is 5.97 Å². The highest BCUT2D eigenvalue weighted by atomic mass is 16.5. The normalized spacial score (nSPS) is 17.3. The summed E-state index contributed by atoms with van der Waals surface area (Å²) >= 11 is 0. The zero-order chi connectivity index (χ0) is 15.1. The number of carbonyl (C=O) groups excluding carboxylic acids is 1. The van der Waals surface area contributed by atoms with Crippen molar-refractivity contribution in [3.8, 4) is 0 Å². The summed E-state index contributed by atoms with van der Waals surface area (Å²) in [5.41, 5.74) is 0.948. The molecule has 1 N–H and O–H groups in total. The number of benzene rings is 1. The quantitative estimate of drug-likeness (QED) is 0.818. The molecule has 0 amide bonds. The minimum absolute atomic E-state index is 0.0137. The standard InChI is InChI=1S/C16H21NO4/c18-15(12-17-6-8-21-9-7-17)11-14(16(19)20)10-13-4-2-1-3-5-13/h1-5,14H,6-12H2,(H,19,20)/t14-/m1/s1. The molecule has 0 spiro atoms. The summed E-state index contributed by atoms with van der Waals surface area (Å²) in [6, 6.07) is 9.43. The van der Waals surface area contributed by atoms with Crippen LogP contribution in [0.2, 0.25) is 0 Å². The van der Waals surface area contributed by atoms with E-state index in [1.807, 2.05) is 35.2 Å². The average Bonchev–Trinajstić information content (AvgIpc) is 2.48. The fourth-order valence-electron chi connectivity index (χ4n) is 2.49. The molecule has 1 aromatic rings. The minimum atomic E-state index is -0.908. The van der Waals surface area contributed by atoms with Gasteiger partial charge in [0.05, 0.1) is 25.7 Å². The Morgan fingerprint density at radius 2 is 1.86 bits per heavy atom. The summed E-state index contributed by atoms with van der Waals surface area (Å²) < 4.78 is 5.23. The number of aliphatic carboxylic acids is 1. The number of nitrogens with zero attached hydrogens (tertiary/aromatic N) is 1. The van der Waals surface area contributed by atoms with Crippen LogP contribution in [0.1, 0.15) is 12.0 Å². The SMILES string of the molecule is O=C(C[C@@H](Cc1ccccc1)C(=O)O)CN1CCOCC1. The van der Waals surface area contributed by atoms with E-state index in [-0.39, 0.29) is 12.2 Å². The van der Waals surface area contributed by atoms with Crippen molar-refractivity contribution < 1.29 is 19.4 Å². The predicted octanol–water partition coefficient (Wildman–Crippen LogP) is 1.22. The molecule has 21 heavy (non-hydrogen) atoms. The van der Waals surface area contributed by atoms with Gasteiger partial charge in [-0.2, -0.15) is 0 Å².